The Bertz CT molecular complexity index is 1570. The largest absolute Gasteiger partial charge is 0.497 e. The van der Waals surface area contributed by atoms with Crippen molar-refractivity contribution >= 4 is 40.3 Å². The van der Waals surface area contributed by atoms with Gasteiger partial charge in [-0.15, -0.1) is 0 Å². The fourth-order valence-corrected chi connectivity index (χ4v) is 5.63. The summed E-state index contributed by atoms with van der Waals surface area (Å²) in [6.45, 7) is 1.81. The number of allylic oxidation sites excluding steroid dienone is 1. The third-order valence-electron chi connectivity index (χ3n) is 5.55. The molecule has 0 fully saturated rings. The summed E-state index contributed by atoms with van der Waals surface area (Å²) >= 11 is 2.90. The second-order valence-corrected chi connectivity index (χ2v) is 9.52. The highest BCUT2D eigenvalue weighted by Crippen LogP contribution is 2.32. The summed E-state index contributed by atoms with van der Waals surface area (Å²) in [5.74, 6) is 0.350. The number of nitrogens with zero attached hydrogens (tertiary/aromatic N) is 2. The van der Waals surface area contributed by atoms with Crippen molar-refractivity contribution in [3.8, 4) is 5.75 Å². The molecule has 1 aliphatic rings. The summed E-state index contributed by atoms with van der Waals surface area (Å²) < 4.78 is 7.62. The monoisotopic (exact) mass is 487 g/mol. The van der Waals surface area contributed by atoms with Gasteiger partial charge in [0.2, 0.25) is 0 Å². The SMILES string of the molecule is COc1cccc(C2C(C(=O)Nc3ccccc3)=C(C)N=c3sc(=Cc4ccsc4)c(=O)n32)c1. The molecule has 6 nitrogen and oxygen atoms in total. The second kappa shape index (κ2) is 9.24. The van der Waals surface area contributed by atoms with E-state index in [4.69, 9.17) is 4.74 Å². The molecule has 3 heterocycles. The van der Waals surface area contributed by atoms with Crippen LogP contribution in [0.25, 0.3) is 6.08 Å². The average molecular weight is 488 g/mol. The van der Waals surface area contributed by atoms with Crippen molar-refractivity contribution in [1.29, 1.82) is 0 Å². The van der Waals surface area contributed by atoms with E-state index in [-0.39, 0.29) is 11.5 Å². The van der Waals surface area contributed by atoms with Gasteiger partial charge in [0.1, 0.15) is 5.75 Å². The number of ether oxygens (including phenoxy) is 1. The van der Waals surface area contributed by atoms with E-state index in [1.807, 2.05) is 84.4 Å². The molecule has 2 aromatic carbocycles. The molecule has 0 bridgehead atoms. The number of hydrogen-bond donors (Lipinski definition) is 1. The van der Waals surface area contributed by atoms with Gasteiger partial charge in [0.25, 0.3) is 11.5 Å². The molecular weight excluding hydrogens is 466 g/mol. The van der Waals surface area contributed by atoms with Crippen LogP contribution < -0.4 is 24.9 Å². The molecule has 1 aliphatic heterocycles. The Hall–Kier alpha value is -3.75. The number of carbonyl (C=O) groups excluding carboxylic acids is 1. The number of anilines is 1. The molecule has 0 radical (unpaired) electrons. The molecule has 1 N–H and O–H groups in total. The van der Waals surface area contributed by atoms with Gasteiger partial charge in [-0.1, -0.05) is 41.7 Å². The lowest BCUT2D eigenvalue weighted by Gasteiger charge is -2.25. The Labute approximate surface area is 203 Å². The highest BCUT2D eigenvalue weighted by atomic mass is 32.1. The number of methoxy groups -OCH3 is 1. The van der Waals surface area contributed by atoms with E-state index in [9.17, 15) is 9.59 Å². The highest BCUT2D eigenvalue weighted by Gasteiger charge is 2.32. The van der Waals surface area contributed by atoms with E-state index in [2.05, 4.69) is 10.3 Å². The highest BCUT2D eigenvalue weighted by molar-refractivity contribution is 7.08. The summed E-state index contributed by atoms with van der Waals surface area (Å²) in [6.07, 6.45) is 1.87. The zero-order chi connectivity index (χ0) is 23.7. The number of thiophene rings is 1. The summed E-state index contributed by atoms with van der Waals surface area (Å²) in [6, 6.07) is 18.0. The Kier molecular flexibility index (Phi) is 6.00. The van der Waals surface area contributed by atoms with Gasteiger partial charge in [0.15, 0.2) is 4.80 Å². The molecule has 1 atom stereocenters. The fourth-order valence-electron chi connectivity index (χ4n) is 3.97. The number of aromatic nitrogens is 1. The molecule has 2 aromatic heterocycles. The Morgan fingerprint density at radius 1 is 1.15 bits per heavy atom. The first-order valence-corrected chi connectivity index (χ1v) is 12.4. The van der Waals surface area contributed by atoms with Crippen LogP contribution in [0.4, 0.5) is 5.69 Å². The number of benzene rings is 2. The Morgan fingerprint density at radius 2 is 1.97 bits per heavy atom. The van der Waals surface area contributed by atoms with Gasteiger partial charge in [-0.25, -0.2) is 4.99 Å². The maximum Gasteiger partial charge on any atom is 0.271 e. The van der Waals surface area contributed by atoms with Crippen LogP contribution in [0.3, 0.4) is 0 Å². The molecule has 0 saturated carbocycles. The molecule has 5 rings (SSSR count). The molecule has 0 aliphatic carbocycles. The second-order valence-electron chi connectivity index (χ2n) is 7.74. The maximum absolute atomic E-state index is 13.6. The molecule has 1 unspecified atom stereocenters. The van der Waals surface area contributed by atoms with Crippen molar-refractivity contribution in [3.63, 3.8) is 0 Å². The maximum atomic E-state index is 13.6. The predicted molar refractivity (Wildman–Crippen MR) is 136 cm³/mol. The van der Waals surface area contributed by atoms with Crippen molar-refractivity contribution in [3.05, 3.63) is 114 Å². The summed E-state index contributed by atoms with van der Waals surface area (Å²) in [5, 5.41) is 6.92. The molecular formula is C26H21N3O3S2. The van der Waals surface area contributed by atoms with Gasteiger partial charge in [0, 0.05) is 5.69 Å². The van der Waals surface area contributed by atoms with Crippen LogP contribution in [0.5, 0.6) is 5.75 Å². The minimum Gasteiger partial charge on any atom is -0.497 e. The molecule has 4 aromatic rings. The van der Waals surface area contributed by atoms with Gasteiger partial charge in [-0.3, -0.25) is 14.2 Å². The normalized spacial score (nSPS) is 15.6. The number of nitrogens with one attached hydrogen (secondary N) is 1. The van der Waals surface area contributed by atoms with Crippen LogP contribution in [0.15, 0.2) is 92.5 Å². The van der Waals surface area contributed by atoms with Crippen molar-refractivity contribution < 1.29 is 9.53 Å². The number of rotatable bonds is 5. The van der Waals surface area contributed by atoms with Crippen LogP contribution in [0, 0.1) is 0 Å². The first-order valence-electron chi connectivity index (χ1n) is 10.6. The molecule has 0 saturated heterocycles. The number of fused-ring (bicyclic) bond motifs is 1. The lowest BCUT2D eigenvalue weighted by molar-refractivity contribution is -0.113. The van der Waals surface area contributed by atoms with E-state index >= 15 is 0 Å². The fraction of sp³-hybridized carbons (Fsp3) is 0.115. The number of hydrogen-bond acceptors (Lipinski definition) is 6. The van der Waals surface area contributed by atoms with Gasteiger partial charge < -0.3 is 10.1 Å². The van der Waals surface area contributed by atoms with Gasteiger partial charge in [0.05, 0.1) is 29.0 Å². The quantitative estimate of drug-likeness (QED) is 0.463. The lowest BCUT2D eigenvalue weighted by atomic mass is 9.95. The standard InChI is InChI=1S/C26H21N3O3S2/c1-16-22(24(30)28-19-8-4-3-5-9-19)23(18-7-6-10-20(14-18)32-2)29-25(31)21(34-26(29)27-16)13-17-11-12-33-15-17/h3-15,23H,1-2H3,(H,28,30). The molecule has 8 heteroatoms. The number of para-hydroxylation sites is 1. The first kappa shape index (κ1) is 22.1. The Balaban J connectivity index is 1.70. The number of thiazole rings is 1. The van der Waals surface area contributed by atoms with E-state index in [0.29, 0.717) is 32.0 Å². The van der Waals surface area contributed by atoms with Gasteiger partial charge >= 0.3 is 0 Å². The van der Waals surface area contributed by atoms with Crippen molar-refractivity contribution in [1.82, 2.24) is 4.57 Å². The minimum absolute atomic E-state index is 0.180. The van der Waals surface area contributed by atoms with Crippen LogP contribution in [-0.4, -0.2) is 17.6 Å². The predicted octanol–water partition coefficient (Wildman–Crippen LogP) is 3.94. The summed E-state index contributed by atoms with van der Waals surface area (Å²) in [4.78, 5) is 32.4. The van der Waals surface area contributed by atoms with E-state index in [1.165, 1.54) is 11.3 Å². The minimum atomic E-state index is -0.639. The molecule has 1 amide bonds. The topological polar surface area (TPSA) is 72.7 Å². The van der Waals surface area contributed by atoms with Crippen LogP contribution in [0.1, 0.15) is 24.1 Å². The molecule has 0 spiro atoms. The van der Waals surface area contributed by atoms with E-state index in [0.717, 1.165) is 11.1 Å². The molecule has 170 valence electrons. The van der Waals surface area contributed by atoms with Crippen molar-refractivity contribution in [2.45, 2.75) is 13.0 Å². The third kappa shape index (κ3) is 4.13. The summed E-state index contributed by atoms with van der Waals surface area (Å²) in [7, 11) is 1.59. The Morgan fingerprint density at radius 3 is 2.71 bits per heavy atom. The summed E-state index contributed by atoms with van der Waals surface area (Å²) in [5.41, 5.74) is 3.23. The average Bonchev–Trinajstić information content (AvgIpc) is 3.47. The first-order chi connectivity index (χ1) is 16.5. The zero-order valence-corrected chi connectivity index (χ0v) is 20.2. The number of carbonyl (C=O) groups is 1. The molecule has 34 heavy (non-hydrogen) atoms. The van der Waals surface area contributed by atoms with Crippen molar-refractivity contribution in [2.24, 2.45) is 4.99 Å². The van der Waals surface area contributed by atoms with E-state index in [1.54, 1.807) is 23.0 Å². The smallest absolute Gasteiger partial charge is 0.271 e. The van der Waals surface area contributed by atoms with Crippen LogP contribution in [0.2, 0.25) is 0 Å². The van der Waals surface area contributed by atoms with Crippen LogP contribution >= 0.6 is 22.7 Å². The van der Waals surface area contributed by atoms with E-state index < -0.39 is 6.04 Å². The third-order valence-corrected chi connectivity index (χ3v) is 7.23. The lowest BCUT2D eigenvalue weighted by Crippen LogP contribution is -2.40. The van der Waals surface area contributed by atoms with Crippen LogP contribution in [-0.2, 0) is 4.79 Å². The van der Waals surface area contributed by atoms with Gasteiger partial charge in [-0.05, 0) is 65.2 Å². The van der Waals surface area contributed by atoms with Crippen molar-refractivity contribution in [2.75, 3.05) is 12.4 Å². The zero-order valence-electron chi connectivity index (χ0n) is 18.5. The number of amides is 1. The van der Waals surface area contributed by atoms with Gasteiger partial charge in [-0.2, -0.15) is 11.3 Å².